The molecule has 1 fully saturated rings. The third-order valence-corrected chi connectivity index (χ3v) is 6.20. The summed E-state index contributed by atoms with van der Waals surface area (Å²) in [6.07, 6.45) is 0.576. The van der Waals surface area contributed by atoms with Crippen LogP contribution in [0.2, 0.25) is 0 Å². The van der Waals surface area contributed by atoms with E-state index in [2.05, 4.69) is 15.1 Å². The standard InChI is InChI=1S/C20H23N5O4S/c1-13-21-22-20(30-13)24-9-7-23(8-10-24)17(26)14-4-5-15-16(12-14)19(28)25(18(15)27)6-3-11-29-2/h4-5,12H,3,6-11H2,1-2H3. The second kappa shape index (κ2) is 8.49. The topological polar surface area (TPSA) is 95.9 Å². The molecule has 0 unspecified atom stereocenters. The van der Waals surface area contributed by atoms with E-state index >= 15 is 0 Å². The lowest BCUT2D eigenvalue weighted by atomic mass is 10.0. The molecule has 0 spiro atoms. The summed E-state index contributed by atoms with van der Waals surface area (Å²) < 4.78 is 4.99. The first kappa shape index (κ1) is 20.4. The quantitative estimate of drug-likeness (QED) is 0.506. The zero-order valence-corrected chi connectivity index (χ0v) is 17.8. The second-order valence-corrected chi connectivity index (χ2v) is 8.41. The average Bonchev–Trinajstić information content (AvgIpc) is 3.30. The van der Waals surface area contributed by atoms with E-state index in [1.807, 2.05) is 6.92 Å². The molecule has 1 aromatic heterocycles. The number of rotatable bonds is 6. The molecule has 2 aliphatic heterocycles. The number of aromatic nitrogens is 2. The molecule has 10 heteroatoms. The van der Waals surface area contributed by atoms with Gasteiger partial charge in [0, 0.05) is 52.0 Å². The van der Waals surface area contributed by atoms with Crippen molar-refractivity contribution in [1.29, 1.82) is 0 Å². The fraction of sp³-hybridized carbons (Fsp3) is 0.450. The third-order valence-electron chi connectivity index (χ3n) is 5.30. The summed E-state index contributed by atoms with van der Waals surface area (Å²) in [4.78, 5) is 43.3. The van der Waals surface area contributed by atoms with E-state index in [9.17, 15) is 14.4 Å². The minimum Gasteiger partial charge on any atom is -0.385 e. The monoisotopic (exact) mass is 429 g/mol. The summed E-state index contributed by atoms with van der Waals surface area (Å²) in [5.41, 5.74) is 1.07. The maximum Gasteiger partial charge on any atom is 0.261 e. The Bertz CT molecular complexity index is 983. The minimum atomic E-state index is -0.350. The van der Waals surface area contributed by atoms with E-state index in [1.165, 1.54) is 16.2 Å². The highest BCUT2D eigenvalue weighted by Gasteiger charge is 2.36. The number of anilines is 1. The van der Waals surface area contributed by atoms with Crippen molar-refractivity contribution in [2.75, 3.05) is 51.3 Å². The number of benzene rings is 1. The number of carbonyl (C=O) groups excluding carboxylic acids is 3. The Morgan fingerprint density at radius 2 is 1.83 bits per heavy atom. The second-order valence-electron chi connectivity index (χ2n) is 7.25. The normalized spacial score (nSPS) is 16.4. The third kappa shape index (κ3) is 3.80. The maximum atomic E-state index is 13.0. The molecule has 2 aliphatic rings. The number of hydrogen-bond acceptors (Lipinski definition) is 8. The van der Waals surface area contributed by atoms with Gasteiger partial charge in [0.15, 0.2) is 0 Å². The number of carbonyl (C=O) groups is 3. The predicted octanol–water partition coefficient (Wildman–Crippen LogP) is 1.44. The van der Waals surface area contributed by atoms with Gasteiger partial charge in [0.25, 0.3) is 17.7 Å². The number of methoxy groups -OCH3 is 1. The molecule has 9 nitrogen and oxygen atoms in total. The fourth-order valence-corrected chi connectivity index (χ4v) is 4.43. The van der Waals surface area contributed by atoms with Crippen molar-refractivity contribution in [3.8, 4) is 0 Å². The van der Waals surface area contributed by atoms with Crippen LogP contribution in [0.5, 0.6) is 0 Å². The lowest BCUT2D eigenvalue weighted by Crippen LogP contribution is -2.48. The number of hydrogen-bond donors (Lipinski definition) is 0. The van der Waals surface area contributed by atoms with Crippen molar-refractivity contribution in [2.45, 2.75) is 13.3 Å². The largest absolute Gasteiger partial charge is 0.385 e. The lowest BCUT2D eigenvalue weighted by molar-refractivity contribution is 0.0638. The number of aryl methyl sites for hydroxylation is 1. The molecule has 1 saturated heterocycles. The summed E-state index contributed by atoms with van der Waals surface area (Å²) in [5, 5.41) is 9.99. The van der Waals surface area contributed by atoms with E-state index in [1.54, 1.807) is 30.2 Å². The molecule has 0 atom stereocenters. The highest BCUT2D eigenvalue weighted by Crippen LogP contribution is 2.26. The van der Waals surface area contributed by atoms with Crippen LogP contribution in [0.25, 0.3) is 0 Å². The number of nitrogens with zero attached hydrogens (tertiary/aromatic N) is 5. The molecule has 3 amide bonds. The van der Waals surface area contributed by atoms with Crippen molar-refractivity contribution >= 4 is 34.2 Å². The van der Waals surface area contributed by atoms with Crippen LogP contribution in [0.1, 0.15) is 42.5 Å². The van der Waals surface area contributed by atoms with Crippen LogP contribution in [0.15, 0.2) is 18.2 Å². The fourth-order valence-electron chi connectivity index (χ4n) is 3.69. The molecule has 1 aromatic carbocycles. The highest BCUT2D eigenvalue weighted by atomic mass is 32.1. The number of fused-ring (bicyclic) bond motifs is 1. The van der Waals surface area contributed by atoms with Crippen molar-refractivity contribution in [1.82, 2.24) is 20.0 Å². The smallest absolute Gasteiger partial charge is 0.261 e. The predicted molar refractivity (Wildman–Crippen MR) is 111 cm³/mol. The van der Waals surface area contributed by atoms with Gasteiger partial charge in [-0.1, -0.05) is 11.3 Å². The zero-order chi connectivity index (χ0) is 21.3. The molecule has 4 rings (SSSR count). The first-order valence-electron chi connectivity index (χ1n) is 9.83. The molecule has 2 aromatic rings. The SMILES string of the molecule is COCCCN1C(=O)c2ccc(C(=O)N3CCN(c4nnc(C)s4)CC3)cc2C1=O. The first-order chi connectivity index (χ1) is 14.5. The summed E-state index contributed by atoms with van der Waals surface area (Å²) in [6, 6.07) is 4.76. The van der Waals surface area contributed by atoms with Crippen LogP contribution < -0.4 is 4.90 Å². The Labute approximate surface area is 178 Å². The van der Waals surface area contributed by atoms with Crippen LogP contribution in [0.3, 0.4) is 0 Å². The first-order valence-corrected chi connectivity index (χ1v) is 10.6. The maximum absolute atomic E-state index is 13.0. The molecule has 30 heavy (non-hydrogen) atoms. The van der Waals surface area contributed by atoms with E-state index in [0.29, 0.717) is 62.4 Å². The lowest BCUT2D eigenvalue weighted by Gasteiger charge is -2.34. The van der Waals surface area contributed by atoms with Crippen LogP contribution in [0, 0.1) is 6.92 Å². The number of piperazine rings is 1. The van der Waals surface area contributed by atoms with Gasteiger partial charge in [-0.2, -0.15) is 0 Å². The van der Waals surface area contributed by atoms with Crippen molar-refractivity contribution in [2.24, 2.45) is 0 Å². The molecule has 3 heterocycles. The molecular formula is C20H23N5O4S. The van der Waals surface area contributed by atoms with Crippen molar-refractivity contribution < 1.29 is 19.1 Å². The summed E-state index contributed by atoms with van der Waals surface area (Å²) in [7, 11) is 1.58. The average molecular weight is 430 g/mol. The van der Waals surface area contributed by atoms with Gasteiger partial charge in [0.2, 0.25) is 5.13 Å². The Hall–Kier alpha value is -2.85. The Morgan fingerprint density at radius 1 is 1.10 bits per heavy atom. The summed E-state index contributed by atoms with van der Waals surface area (Å²) >= 11 is 1.54. The highest BCUT2D eigenvalue weighted by molar-refractivity contribution is 7.15. The molecule has 0 saturated carbocycles. The van der Waals surface area contributed by atoms with Gasteiger partial charge in [-0.3, -0.25) is 19.3 Å². The van der Waals surface area contributed by atoms with Gasteiger partial charge in [0.05, 0.1) is 11.1 Å². The van der Waals surface area contributed by atoms with Gasteiger partial charge in [-0.25, -0.2) is 0 Å². The van der Waals surface area contributed by atoms with Gasteiger partial charge >= 0.3 is 0 Å². The van der Waals surface area contributed by atoms with E-state index in [-0.39, 0.29) is 17.7 Å². The molecule has 158 valence electrons. The molecule has 0 radical (unpaired) electrons. The number of imide groups is 1. The Kier molecular flexibility index (Phi) is 5.78. The van der Waals surface area contributed by atoms with Crippen LogP contribution >= 0.6 is 11.3 Å². The molecule has 0 aliphatic carbocycles. The number of ether oxygens (including phenoxy) is 1. The van der Waals surface area contributed by atoms with E-state index < -0.39 is 0 Å². The molecular weight excluding hydrogens is 406 g/mol. The zero-order valence-electron chi connectivity index (χ0n) is 17.0. The molecule has 0 N–H and O–H groups in total. The van der Waals surface area contributed by atoms with Gasteiger partial charge in [-0.15, -0.1) is 10.2 Å². The summed E-state index contributed by atoms with van der Waals surface area (Å²) in [6.45, 7) is 5.16. The Morgan fingerprint density at radius 3 is 2.50 bits per heavy atom. The Balaban J connectivity index is 1.43. The van der Waals surface area contributed by atoms with Crippen molar-refractivity contribution in [3.05, 3.63) is 39.9 Å². The molecule has 0 bridgehead atoms. The van der Waals surface area contributed by atoms with Crippen molar-refractivity contribution in [3.63, 3.8) is 0 Å². The minimum absolute atomic E-state index is 0.135. The van der Waals surface area contributed by atoms with E-state index in [4.69, 9.17) is 4.74 Å². The van der Waals surface area contributed by atoms with Gasteiger partial charge in [0.1, 0.15) is 5.01 Å². The van der Waals surface area contributed by atoms with Crippen LogP contribution in [-0.2, 0) is 4.74 Å². The number of amides is 3. The van der Waals surface area contributed by atoms with E-state index in [0.717, 1.165) is 10.1 Å². The van der Waals surface area contributed by atoms with Crippen LogP contribution in [0.4, 0.5) is 5.13 Å². The van der Waals surface area contributed by atoms with Gasteiger partial charge < -0.3 is 14.5 Å². The summed E-state index contributed by atoms with van der Waals surface area (Å²) in [5.74, 6) is -0.799. The van der Waals surface area contributed by atoms with Crippen LogP contribution in [-0.4, -0.2) is 84.2 Å². The van der Waals surface area contributed by atoms with Gasteiger partial charge in [-0.05, 0) is 31.5 Å².